The first-order chi connectivity index (χ1) is 11.0. The van der Waals surface area contributed by atoms with Gasteiger partial charge >= 0.3 is 0 Å². The van der Waals surface area contributed by atoms with Crippen LogP contribution in [0.2, 0.25) is 0 Å². The summed E-state index contributed by atoms with van der Waals surface area (Å²) in [5, 5.41) is 6.75. The van der Waals surface area contributed by atoms with Crippen LogP contribution in [-0.2, 0) is 16.1 Å². The molecule has 7 heteroatoms. The number of nitrogens with zero attached hydrogens (tertiary/aromatic N) is 2. The topological polar surface area (TPSA) is 66.0 Å². The Morgan fingerprint density at radius 1 is 1.39 bits per heavy atom. The van der Waals surface area contributed by atoms with Crippen LogP contribution in [0.4, 0.5) is 0 Å². The number of guanidine groups is 1. The summed E-state index contributed by atoms with van der Waals surface area (Å²) in [5.41, 5.74) is 0. The second kappa shape index (κ2) is 8.88. The number of aryl methyl sites for hydroxylation is 1. The fourth-order valence-corrected chi connectivity index (χ4v) is 3.06. The van der Waals surface area contributed by atoms with E-state index in [1.54, 1.807) is 30.3 Å². The van der Waals surface area contributed by atoms with Gasteiger partial charge in [0.2, 0.25) is 5.91 Å². The Balaban J connectivity index is 1.94. The molecule has 1 aliphatic rings. The molecule has 1 fully saturated rings. The van der Waals surface area contributed by atoms with Gasteiger partial charge in [-0.2, -0.15) is 0 Å². The molecule has 1 aliphatic heterocycles. The average Bonchev–Trinajstić information content (AvgIpc) is 2.96. The number of carbonyl (C=O) groups excluding carboxylic acids is 1. The molecule has 0 aliphatic carbocycles. The summed E-state index contributed by atoms with van der Waals surface area (Å²) in [6, 6.07) is 4.57. The third kappa shape index (κ3) is 6.19. The van der Waals surface area contributed by atoms with Gasteiger partial charge in [-0.15, -0.1) is 11.3 Å². The molecular weight excluding hydrogens is 312 g/mol. The molecule has 0 aromatic carbocycles. The summed E-state index contributed by atoms with van der Waals surface area (Å²) in [4.78, 5) is 20.3. The number of hydrogen-bond acceptors (Lipinski definition) is 4. The number of carbonyl (C=O) groups is 1. The second-order valence-corrected chi connectivity index (χ2v) is 7.22. The minimum absolute atomic E-state index is 0.00922. The van der Waals surface area contributed by atoms with Crippen LogP contribution in [0.1, 0.15) is 22.6 Å². The molecule has 1 aromatic heterocycles. The van der Waals surface area contributed by atoms with E-state index in [1.165, 1.54) is 9.75 Å². The zero-order valence-electron chi connectivity index (χ0n) is 14.1. The predicted octanol–water partition coefficient (Wildman–Crippen LogP) is 1.36. The lowest BCUT2D eigenvalue weighted by Gasteiger charge is -2.25. The summed E-state index contributed by atoms with van der Waals surface area (Å²) in [7, 11) is 3.48. The van der Waals surface area contributed by atoms with Gasteiger partial charge in [0.25, 0.3) is 0 Å². The highest BCUT2D eigenvalue weighted by Gasteiger charge is 2.15. The van der Waals surface area contributed by atoms with Gasteiger partial charge in [0.1, 0.15) is 6.54 Å². The zero-order chi connectivity index (χ0) is 16.7. The van der Waals surface area contributed by atoms with Crippen molar-refractivity contribution in [3.8, 4) is 0 Å². The van der Waals surface area contributed by atoms with Gasteiger partial charge in [-0.05, 0) is 31.9 Å². The lowest BCUT2D eigenvalue weighted by molar-refractivity contribution is -0.127. The lowest BCUT2D eigenvalue weighted by Crippen LogP contribution is -2.45. The number of aliphatic imine (C=N–C) groups is 1. The highest BCUT2D eigenvalue weighted by atomic mass is 32.1. The smallest absolute Gasteiger partial charge is 0.243 e. The van der Waals surface area contributed by atoms with E-state index >= 15 is 0 Å². The first-order valence-corrected chi connectivity index (χ1v) is 8.74. The Labute approximate surface area is 141 Å². The highest BCUT2D eigenvalue weighted by Crippen LogP contribution is 2.14. The molecule has 1 aromatic rings. The van der Waals surface area contributed by atoms with Crippen molar-refractivity contribution < 1.29 is 9.53 Å². The maximum absolute atomic E-state index is 11.8. The Hall–Kier alpha value is -1.60. The van der Waals surface area contributed by atoms with Crippen molar-refractivity contribution in [1.29, 1.82) is 0 Å². The van der Waals surface area contributed by atoms with E-state index in [-0.39, 0.29) is 12.5 Å². The van der Waals surface area contributed by atoms with E-state index in [9.17, 15) is 4.79 Å². The van der Waals surface area contributed by atoms with Crippen molar-refractivity contribution in [2.75, 3.05) is 33.9 Å². The number of rotatable bonds is 5. The van der Waals surface area contributed by atoms with E-state index in [1.807, 2.05) is 0 Å². The van der Waals surface area contributed by atoms with Crippen molar-refractivity contribution in [2.24, 2.45) is 4.99 Å². The minimum Gasteiger partial charge on any atom is -0.381 e. The third-order valence-electron chi connectivity index (χ3n) is 3.66. The maximum atomic E-state index is 11.8. The number of likely N-dealkylation sites (N-methyl/N-ethyl adjacent to an activating group) is 1. The van der Waals surface area contributed by atoms with Crippen molar-refractivity contribution in [3.63, 3.8) is 0 Å². The molecule has 6 nitrogen and oxygen atoms in total. The van der Waals surface area contributed by atoms with Gasteiger partial charge < -0.3 is 20.3 Å². The molecule has 0 unspecified atom stereocenters. The number of hydrogen-bond donors (Lipinski definition) is 2. The fraction of sp³-hybridized carbons (Fsp3) is 0.625. The minimum atomic E-state index is -0.00922. The van der Waals surface area contributed by atoms with E-state index in [0.717, 1.165) is 26.1 Å². The highest BCUT2D eigenvalue weighted by molar-refractivity contribution is 7.11. The van der Waals surface area contributed by atoms with E-state index in [0.29, 0.717) is 18.5 Å². The van der Waals surface area contributed by atoms with Gasteiger partial charge in [0.05, 0.1) is 6.54 Å². The standard InChI is InChI=1S/C16H26N4O2S/c1-12-4-5-14(23-12)10-17-16(18-11-15(21)20(2)3)19-13-6-8-22-9-7-13/h4-5,13H,6-11H2,1-3H3,(H2,17,18,19). The predicted molar refractivity (Wildman–Crippen MR) is 93.9 cm³/mol. The Kier molecular flexibility index (Phi) is 6.85. The third-order valence-corrected chi connectivity index (χ3v) is 4.66. The van der Waals surface area contributed by atoms with E-state index < -0.39 is 0 Å². The molecule has 0 atom stereocenters. The van der Waals surface area contributed by atoms with Gasteiger partial charge in [0.15, 0.2) is 5.96 Å². The van der Waals surface area contributed by atoms with Gasteiger partial charge in [-0.3, -0.25) is 4.79 Å². The van der Waals surface area contributed by atoms with Gasteiger partial charge in [-0.25, -0.2) is 4.99 Å². The van der Waals surface area contributed by atoms with Crippen LogP contribution >= 0.6 is 11.3 Å². The van der Waals surface area contributed by atoms with Crippen LogP contribution in [0.25, 0.3) is 0 Å². The number of amides is 1. The van der Waals surface area contributed by atoms with Crippen LogP contribution in [0.15, 0.2) is 17.1 Å². The first kappa shape index (κ1) is 17.7. The summed E-state index contributed by atoms with van der Waals surface area (Å²) in [6.45, 7) is 4.50. The van der Waals surface area contributed by atoms with Crippen LogP contribution in [-0.4, -0.2) is 56.7 Å². The van der Waals surface area contributed by atoms with Gasteiger partial charge in [0, 0.05) is 43.1 Å². The summed E-state index contributed by atoms with van der Waals surface area (Å²) < 4.78 is 5.38. The Bertz CT molecular complexity index is 536. The van der Waals surface area contributed by atoms with Gasteiger partial charge in [-0.1, -0.05) is 0 Å². The molecule has 0 saturated carbocycles. The summed E-state index contributed by atoms with van der Waals surface area (Å²) >= 11 is 1.76. The van der Waals surface area contributed by atoms with E-state index in [4.69, 9.17) is 4.74 Å². The Morgan fingerprint density at radius 2 is 2.13 bits per heavy atom. The number of nitrogens with one attached hydrogen (secondary N) is 2. The van der Waals surface area contributed by atoms with E-state index in [2.05, 4.69) is 34.7 Å². The molecule has 1 saturated heterocycles. The van der Waals surface area contributed by atoms with Crippen molar-refractivity contribution >= 4 is 23.2 Å². The molecule has 23 heavy (non-hydrogen) atoms. The van der Waals surface area contributed by atoms with Crippen molar-refractivity contribution in [1.82, 2.24) is 15.5 Å². The molecule has 1 amide bonds. The second-order valence-electron chi connectivity index (χ2n) is 5.85. The fourth-order valence-electron chi connectivity index (χ4n) is 2.23. The molecule has 0 radical (unpaired) electrons. The largest absolute Gasteiger partial charge is 0.381 e. The maximum Gasteiger partial charge on any atom is 0.243 e. The molecule has 2 N–H and O–H groups in total. The van der Waals surface area contributed by atoms with Crippen molar-refractivity contribution in [2.45, 2.75) is 32.4 Å². The molecule has 0 bridgehead atoms. The average molecular weight is 338 g/mol. The van der Waals surface area contributed by atoms with Crippen LogP contribution in [0.5, 0.6) is 0 Å². The van der Waals surface area contributed by atoms with Crippen LogP contribution < -0.4 is 10.6 Å². The SMILES string of the molecule is Cc1ccc(CNC(=NCC(=O)N(C)C)NC2CCOCC2)s1. The quantitative estimate of drug-likeness (QED) is 0.628. The normalized spacial score (nSPS) is 16.2. The lowest BCUT2D eigenvalue weighted by atomic mass is 10.1. The first-order valence-electron chi connectivity index (χ1n) is 7.92. The zero-order valence-corrected chi connectivity index (χ0v) is 14.9. The summed E-state index contributed by atoms with van der Waals surface area (Å²) in [6.07, 6.45) is 1.92. The number of thiophene rings is 1. The van der Waals surface area contributed by atoms with Crippen LogP contribution in [0, 0.1) is 6.92 Å². The molecule has 2 rings (SSSR count). The molecule has 2 heterocycles. The monoisotopic (exact) mass is 338 g/mol. The van der Waals surface area contributed by atoms with Crippen molar-refractivity contribution in [3.05, 3.63) is 21.9 Å². The molecule has 0 spiro atoms. The Morgan fingerprint density at radius 3 is 2.74 bits per heavy atom. The molecule has 128 valence electrons. The molecular formula is C16H26N4O2S. The number of ether oxygens (including phenoxy) is 1. The summed E-state index contributed by atoms with van der Waals surface area (Å²) in [5.74, 6) is 0.684. The van der Waals surface area contributed by atoms with Crippen LogP contribution in [0.3, 0.4) is 0 Å².